The Labute approximate surface area is 92.2 Å². The van der Waals surface area contributed by atoms with Gasteiger partial charge in [0, 0.05) is 17.1 Å². The summed E-state index contributed by atoms with van der Waals surface area (Å²) in [5.74, 6) is -0.187. The summed E-state index contributed by atoms with van der Waals surface area (Å²) in [5, 5.41) is 0.992. The minimum absolute atomic E-state index is 0.135. The molecule has 1 atom stereocenters. The molecule has 2 rings (SSSR count). The average Bonchev–Trinajstić information content (AvgIpc) is 2.61. The Bertz CT molecular complexity index is 493. The van der Waals surface area contributed by atoms with Gasteiger partial charge in [0.15, 0.2) is 0 Å². The van der Waals surface area contributed by atoms with Crippen molar-refractivity contribution in [3.63, 3.8) is 0 Å². The normalized spacial score (nSPS) is 13.3. The van der Waals surface area contributed by atoms with Crippen molar-refractivity contribution in [2.24, 2.45) is 5.73 Å². The maximum absolute atomic E-state index is 13.3. The van der Waals surface area contributed by atoms with Crippen LogP contribution < -0.4 is 5.73 Å². The highest BCUT2D eigenvalue weighted by atomic mass is 35.5. The maximum Gasteiger partial charge on any atom is 0.142 e. The summed E-state index contributed by atoms with van der Waals surface area (Å²) in [6.45, 7) is 2.55. The Morgan fingerprint density at radius 3 is 2.93 bits per heavy atom. The van der Waals surface area contributed by atoms with Gasteiger partial charge in [-0.25, -0.2) is 4.39 Å². The van der Waals surface area contributed by atoms with Gasteiger partial charge in [-0.3, -0.25) is 0 Å². The zero-order valence-corrected chi connectivity index (χ0v) is 9.11. The summed E-state index contributed by atoms with van der Waals surface area (Å²) in [5.41, 5.74) is 7.46. The lowest BCUT2D eigenvalue weighted by molar-refractivity contribution is 0.630. The average molecular weight is 227 g/mol. The molecule has 0 aliphatic carbocycles. The van der Waals surface area contributed by atoms with Gasteiger partial charge in [0.2, 0.25) is 0 Å². The summed E-state index contributed by atoms with van der Waals surface area (Å²) in [6.07, 6.45) is 1.86. The van der Waals surface area contributed by atoms with Crippen molar-refractivity contribution < 1.29 is 4.39 Å². The zero-order chi connectivity index (χ0) is 11.0. The van der Waals surface area contributed by atoms with Gasteiger partial charge in [-0.15, -0.1) is 0 Å². The Kier molecular flexibility index (Phi) is 2.67. The molecule has 2 nitrogen and oxygen atoms in total. The van der Waals surface area contributed by atoms with Crippen molar-refractivity contribution in [3.8, 4) is 0 Å². The van der Waals surface area contributed by atoms with Crippen molar-refractivity contribution >= 4 is 22.5 Å². The molecule has 1 unspecified atom stereocenters. The summed E-state index contributed by atoms with van der Waals surface area (Å²) in [7, 11) is 0. The van der Waals surface area contributed by atoms with Gasteiger partial charge in [0.1, 0.15) is 5.82 Å². The highest BCUT2D eigenvalue weighted by molar-refractivity contribution is 6.31. The Hall–Kier alpha value is -1.06. The molecular formula is C11H12ClFN2. The SMILES string of the molecule is CC(CN)c1c[nH]c2cc(Cl)c(F)cc12. The standard InChI is InChI=1S/C11H12ClFN2/c1-6(4-14)8-5-15-11-3-9(12)10(13)2-7(8)11/h2-3,5-6,15H,4,14H2,1H3. The number of nitrogens with one attached hydrogen (secondary N) is 1. The summed E-state index contributed by atoms with van der Waals surface area (Å²) in [4.78, 5) is 3.06. The second-order valence-electron chi connectivity index (χ2n) is 3.69. The van der Waals surface area contributed by atoms with E-state index in [0.29, 0.717) is 6.54 Å². The molecule has 80 valence electrons. The molecule has 0 saturated heterocycles. The van der Waals surface area contributed by atoms with E-state index < -0.39 is 5.82 Å². The molecule has 1 aromatic carbocycles. The first kappa shape index (κ1) is 10.5. The van der Waals surface area contributed by atoms with Crippen molar-refractivity contribution in [2.75, 3.05) is 6.54 Å². The lowest BCUT2D eigenvalue weighted by Crippen LogP contribution is -2.08. The highest BCUT2D eigenvalue weighted by Crippen LogP contribution is 2.28. The quantitative estimate of drug-likeness (QED) is 0.812. The molecule has 0 fully saturated rings. The van der Waals surface area contributed by atoms with Crippen LogP contribution in [0.5, 0.6) is 0 Å². The molecule has 0 aliphatic heterocycles. The molecule has 1 aromatic heterocycles. The van der Waals surface area contributed by atoms with Gasteiger partial charge >= 0.3 is 0 Å². The number of fused-ring (bicyclic) bond motifs is 1. The number of hydrogen-bond acceptors (Lipinski definition) is 1. The number of benzene rings is 1. The Morgan fingerprint density at radius 1 is 1.53 bits per heavy atom. The molecule has 3 N–H and O–H groups in total. The second-order valence-corrected chi connectivity index (χ2v) is 4.10. The lowest BCUT2D eigenvalue weighted by atomic mass is 10.0. The molecule has 2 aromatic rings. The van der Waals surface area contributed by atoms with Crippen LogP contribution >= 0.6 is 11.6 Å². The van der Waals surface area contributed by atoms with Crippen LogP contribution in [0, 0.1) is 5.82 Å². The third-order valence-corrected chi connectivity index (χ3v) is 2.93. The molecule has 0 bridgehead atoms. The first-order valence-electron chi connectivity index (χ1n) is 4.79. The Balaban J connectivity index is 2.64. The predicted octanol–water partition coefficient (Wildman–Crippen LogP) is 3.02. The molecule has 0 spiro atoms. The van der Waals surface area contributed by atoms with Crippen LogP contribution in [0.15, 0.2) is 18.3 Å². The smallest absolute Gasteiger partial charge is 0.142 e. The summed E-state index contributed by atoms with van der Waals surface area (Å²) >= 11 is 5.69. The molecule has 0 radical (unpaired) electrons. The first-order chi connectivity index (χ1) is 7.13. The van der Waals surface area contributed by atoms with Crippen LogP contribution in [0.2, 0.25) is 5.02 Å². The van der Waals surface area contributed by atoms with E-state index in [1.807, 2.05) is 13.1 Å². The molecular weight excluding hydrogens is 215 g/mol. The number of hydrogen-bond donors (Lipinski definition) is 2. The molecule has 0 amide bonds. The molecule has 15 heavy (non-hydrogen) atoms. The molecule has 1 heterocycles. The number of rotatable bonds is 2. The monoisotopic (exact) mass is 226 g/mol. The van der Waals surface area contributed by atoms with Crippen molar-refractivity contribution in [1.29, 1.82) is 0 Å². The Morgan fingerprint density at radius 2 is 2.27 bits per heavy atom. The lowest BCUT2D eigenvalue weighted by Gasteiger charge is -2.06. The fourth-order valence-corrected chi connectivity index (χ4v) is 1.84. The minimum atomic E-state index is -0.394. The van der Waals surface area contributed by atoms with E-state index in [4.69, 9.17) is 17.3 Å². The predicted molar refractivity (Wildman–Crippen MR) is 60.7 cm³/mol. The second kappa shape index (κ2) is 3.83. The number of nitrogens with two attached hydrogens (primary N) is 1. The van der Waals surface area contributed by atoms with Crippen LogP contribution in [0.1, 0.15) is 18.4 Å². The van der Waals surface area contributed by atoms with E-state index in [0.717, 1.165) is 16.5 Å². The van der Waals surface area contributed by atoms with Gasteiger partial charge in [0.25, 0.3) is 0 Å². The molecule has 4 heteroatoms. The van der Waals surface area contributed by atoms with E-state index in [9.17, 15) is 4.39 Å². The third kappa shape index (κ3) is 1.73. The third-order valence-electron chi connectivity index (χ3n) is 2.64. The van der Waals surface area contributed by atoms with Crippen LogP contribution in [-0.2, 0) is 0 Å². The van der Waals surface area contributed by atoms with E-state index in [1.54, 1.807) is 6.07 Å². The van der Waals surface area contributed by atoms with Crippen molar-refractivity contribution in [2.45, 2.75) is 12.8 Å². The zero-order valence-electron chi connectivity index (χ0n) is 8.35. The van der Waals surface area contributed by atoms with E-state index in [1.165, 1.54) is 6.07 Å². The molecule has 0 aliphatic rings. The number of H-pyrrole nitrogens is 1. The van der Waals surface area contributed by atoms with Crippen LogP contribution in [0.4, 0.5) is 4.39 Å². The number of aromatic nitrogens is 1. The van der Waals surface area contributed by atoms with Crippen molar-refractivity contribution in [1.82, 2.24) is 4.98 Å². The maximum atomic E-state index is 13.3. The van der Waals surface area contributed by atoms with Crippen LogP contribution in [-0.4, -0.2) is 11.5 Å². The van der Waals surface area contributed by atoms with Crippen molar-refractivity contribution in [3.05, 3.63) is 34.7 Å². The van der Waals surface area contributed by atoms with Gasteiger partial charge in [-0.1, -0.05) is 18.5 Å². The summed E-state index contributed by atoms with van der Waals surface area (Å²) < 4.78 is 13.3. The number of halogens is 2. The van der Waals surface area contributed by atoms with Crippen LogP contribution in [0.3, 0.4) is 0 Å². The van der Waals surface area contributed by atoms with Gasteiger partial charge in [-0.2, -0.15) is 0 Å². The fraction of sp³-hybridized carbons (Fsp3) is 0.273. The number of aromatic amines is 1. The van der Waals surface area contributed by atoms with Gasteiger partial charge in [0.05, 0.1) is 5.02 Å². The minimum Gasteiger partial charge on any atom is -0.361 e. The van der Waals surface area contributed by atoms with Gasteiger partial charge in [-0.05, 0) is 30.2 Å². The van der Waals surface area contributed by atoms with Gasteiger partial charge < -0.3 is 10.7 Å². The fourth-order valence-electron chi connectivity index (χ4n) is 1.67. The van der Waals surface area contributed by atoms with E-state index >= 15 is 0 Å². The summed E-state index contributed by atoms with van der Waals surface area (Å²) in [6, 6.07) is 3.05. The van der Waals surface area contributed by atoms with E-state index in [2.05, 4.69) is 4.98 Å². The largest absolute Gasteiger partial charge is 0.361 e. The topological polar surface area (TPSA) is 41.8 Å². The highest BCUT2D eigenvalue weighted by Gasteiger charge is 2.12. The first-order valence-corrected chi connectivity index (χ1v) is 5.17. The van der Waals surface area contributed by atoms with Crippen LogP contribution in [0.25, 0.3) is 10.9 Å². The van der Waals surface area contributed by atoms with E-state index in [-0.39, 0.29) is 10.9 Å². The molecule has 0 saturated carbocycles.